The molecule has 1 fully saturated rings. The highest BCUT2D eigenvalue weighted by Gasteiger charge is 2.54. The lowest BCUT2D eigenvalue weighted by molar-refractivity contribution is -0.294. The van der Waals surface area contributed by atoms with Crippen molar-refractivity contribution in [3.05, 3.63) is 84.1 Å². The fraction of sp³-hybridized carbons (Fsp3) is 0.323. The van der Waals surface area contributed by atoms with Gasteiger partial charge in [0.25, 0.3) is 5.91 Å². The van der Waals surface area contributed by atoms with Crippen LogP contribution in [-0.4, -0.2) is 51.1 Å². The third-order valence-corrected chi connectivity index (χ3v) is 7.04. The fourth-order valence-corrected chi connectivity index (χ4v) is 4.59. The number of nitrogens with zero attached hydrogens (tertiary/aromatic N) is 3. The van der Waals surface area contributed by atoms with E-state index in [1.807, 2.05) is 37.3 Å². The van der Waals surface area contributed by atoms with Crippen molar-refractivity contribution >= 4 is 17.8 Å². The molecule has 0 saturated carbocycles. The van der Waals surface area contributed by atoms with Crippen LogP contribution in [0.5, 0.6) is 0 Å². The number of primary amides is 1. The summed E-state index contributed by atoms with van der Waals surface area (Å²) in [4.78, 5) is 42.4. The molecule has 1 amide bonds. The number of esters is 1. The quantitative estimate of drug-likeness (QED) is 0.240. The number of benzene rings is 2. The van der Waals surface area contributed by atoms with Crippen molar-refractivity contribution < 1.29 is 28.2 Å². The number of rotatable bonds is 9. The van der Waals surface area contributed by atoms with E-state index in [1.54, 1.807) is 45.2 Å². The predicted octanol–water partition coefficient (Wildman–Crippen LogP) is 4.49. The van der Waals surface area contributed by atoms with Gasteiger partial charge in [0, 0.05) is 11.8 Å². The van der Waals surface area contributed by atoms with Crippen LogP contribution in [0.1, 0.15) is 45.1 Å². The highest BCUT2D eigenvalue weighted by molar-refractivity contribution is 5.85. The van der Waals surface area contributed by atoms with Crippen molar-refractivity contribution in [2.75, 3.05) is 18.5 Å². The van der Waals surface area contributed by atoms with E-state index in [2.05, 4.69) is 25.3 Å². The topological polar surface area (TPSA) is 154 Å². The highest BCUT2D eigenvalue weighted by Crippen LogP contribution is 2.39. The van der Waals surface area contributed by atoms with Gasteiger partial charge < -0.3 is 30.2 Å². The number of ether oxygens (including phenoxy) is 3. The first-order valence-electron chi connectivity index (χ1n) is 13.8. The molecule has 4 N–H and O–H groups in total. The van der Waals surface area contributed by atoms with Crippen molar-refractivity contribution in [1.29, 1.82) is 0 Å². The maximum atomic E-state index is 13.8. The first-order valence-corrected chi connectivity index (χ1v) is 13.8. The third kappa shape index (κ3) is 6.11. The van der Waals surface area contributed by atoms with Gasteiger partial charge in [0.2, 0.25) is 5.95 Å². The second-order valence-corrected chi connectivity index (χ2v) is 10.9. The summed E-state index contributed by atoms with van der Waals surface area (Å²) in [5.74, 6) is -3.77. The summed E-state index contributed by atoms with van der Waals surface area (Å²) in [5.41, 5.74) is 7.38. The first kappa shape index (κ1) is 29.8. The standard InChI is InChI=1S/C31H33FN6O5/c1-18(2)43-28(40)30(4)16-41-31(26(33)39,42-17-30)27-37-24(21-10-12-22(32)13-11-21)25(38-27)23-14-15-34-29(36-23)35-19(3)20-8-6-5-7-9-20/h5-15,18-19H,16-17H2,1-4H3,(H2,33,39)(H,37,38)(H,34,35,36). The number of aromatic amines is 1. The minimum atomic E-state index is -2.14. The largest absolute Gasteiger partial charge is 0.462 e. The van der Waals surface area contributed by atoms with Crippen LogP contribution < -0.4 is 11.1 Å². The van der Waals surface area contributed by atoms with Crippen LogP contribution in [0.4, 0.5) is 10.3 Å². The second-order valence-electron chi connectivity index (χ2n) is 10.9. The number of amides is 1. The molecular weight excluding hydrogens is 555 g/mol. The molecule has 0 radical (unpaired) electrons. The van der Waals surface area contributed by atoms with Crippen LogP contribution in [0, 0.1) is 11.2 Å². The molecule has 0 bridgehead atoms. The molecule has 43 heavy (non-hydrogen) atoms. The molecule has 12 heteroatoms. The van der Waals surface area contributed by atoms with Crippen LogP contribution in [0.3, 0.4) is 0 Å². The lowest BCUT2D eigenvalue weighted by Crippen LogP contribution is -2.56. The fourth-order valence-electron chi connectivity index (χ4n) is 4.59. The Hall–Kier alpha value is -4.68. The van der Waals surface area contributed by atoms with Gasteiger partial charge >= 0.3 is 11.8 Å². The molecule has 1 unspecified atom stereocenters. The van der Waals surface area contributed by atoms with Crippen molar-refractivity contribution in [3.63, 3.8) is 0 Å². The maximum absolute atomic E-state index is 13.8. The molecule has 0 aliphatic carbocycles. The number of carbonyl (C=O) groups excluding carboxylic acids is 2. The van der Waals surface area contributed by atoms with Gasteiger partial charge in [-0.05, 0) is 63.6 Å². The molecule has 4 aromatic rings. The minimum absolute atomic E-state index is 0.0561. The van der Waals surface area contributed by atoms with Gasteiger partial charge in [-0.1, -0.05) is 30.3 Å². The molecule has 1 atom stereocenters. The summed E-state index contributed by atoms with van der Waals surface area (Å²) in [6.07, 6.45) is 1.24. The smallest absolute Gasteiger partial charge is 0.316 e. The average Bonchev–Trinajstić information content (AvgIpc) is 3.44. The van der Waals surface area contributed by atoms with E-state index in [0.717, 1.165) is 5.56 Å². The lowest BCUT2D eigenvalue weighted by Gasteiger charge is -2.40. The molecule has 5 rings (SSSR count). The van der Waals surface area contributed by atoms with Crippen LogP contribution in [0.25, 0.3) is 22.6 Å². The molecular formula is C31H33FN6O5. The van der Waals surface area contributed by atoms with Gasteiger partial charge in [-0.25, -0.2) is 19.3 Å². The number of hydrogen-bond acceptors (Lipinski definition) is 9. The van der Waals surface area contributed by atoms with Gasteiger partial charge in [0.1, 0.15) is 11.2 Å². The summed E-state index contributed by atoms with van der Waals surface area (Å²) >= 11 is 0. The Morgan fingerprint density at radius 3 is 2.33 bits per heavy atom. The molecule has 3 heterocycles. The van der Waals surface area contributed by atoms with E-state index < -0.39 is 28.9 Å². The number of hydrogen-bond donors (Lipinski definition) is 3. The Morgan fingerprint density at radius 1 is 1.02 bits per heavy atom. The van der Waals surface area contributed by atoms with E-state index in [9.17, 15) is 14.0 Å². The normalized spacial score (nSPS) is 20.9. The Bertz CT molecular complexity index is 1600. The monoisotopic (exact) mass is 588 g/mol. The Labute approximate surface area is 248 Å². The van der Waals surface area contributed by atoms with Crippen molar-refractivity contribution in [1.82, 2.24) is 19.9 Å². The Kier molecular flexibility index (Phi) is 8.25. The van der Waals surface area contributed by atoms with Crippen molar-refractivity contribution in [2.24, 2.45) is 11.1 Å². The molecule has 11 nitrogen and oxygen atoms in total. The second kappa shape index (κ2) is 11.9. The number of imidazole rings is 1. The summed E-state index contributed by atoms with van der Waals surface area (Å²) in [5, 5.41) is 3.29. The summed E-state index contributed by atoms with van der Waals surface area (Å²) in [6.45, 7) is 6.63. The van der Waals surface area contributed by atoms with Crippen molar-refractivity contribution in [2.45, 2.75) is 45.6 Å². The molecule has 0 spiro atoms. The van der Waals surface area contributed by atoms with Crippen LogP contribution in [0.15, 0.2) is 66.9 Å². The number of halogens is 1. The molecule has 1 saturated heterocycles. The number of anilines is 1. The first-order chi connectivity index (χ1) is 20.5. The maximum Gasteiger partial charge on any atom is 0.316 e. The molecule has 2 aromatic heterocycles. The molecule has 2 aromatic carbocycles. The Morgan fingerprint density at radius 2 is 1.70 bits per heavy atom. The zero-order valence-corrected chi connectivity index (χ0v) is 24.3. The number of nitrogens with one attached hydrogen (secondary N) is 2. The molecule has 1 aliphatic heterocycles. The number of H-pyrrole nitrogens is 1. The summed E-state index contributed by atoms with van der Waals surface area (Å²) in [7, 11) is 0. The molecule has 224 valence electrons. The number of carbonyl (C=O) groups is 2. The van der Waals surface area contributed by atoms with E-state index in [4.69, 9.17) is 19.9 Å². The lowest BCUT2D eigenvalue weighted by atomic mass is 9.91. The predicted molar refractivity (Wildman–Crippen MR) is 156 cm³/mol. The zero-order chi connectivity index (χ0) is 30.8. The van der Waals surface area contributed by atoms with Gasteiger partial charge in [0.05, 0.1) is 42.4 Å². The summed E-state index contributed by atoms with van der Waals surface area (Å²) < 4.78 is 31.0. The highest BCUT2D eigenvalue weighted by atomic mass is 19.1. The van der Waals surface area contributed by atoms with E-state index in [1.165, 1.54) is 12.1 Å². The SMILES string of the molecule is CC(C)OC(=O)C1(C)COC(C(N)=O)(c2nc(-c3ccc(F)cc3)c(-c3ccnc(NC(C)c4ccccc4)n3)[nH]2)OC1. The zero-order valence-electron chi connectivity index (χ0n) is 24.3. The molecule has 1 aliphatic rings. The number of aromatic nitrogens is 4. The van der Waals surface area contributed by atoms with E-state index >= 15 is 0 Å². The third-order valence-electron chi connectivity index (χ3n) is 7.04. The minimum Gasteiger partial charge on any atom is -0.462 e. The van der Waals surface area contributed by atoms with E-state index in [-0.39, 0.29) is 31.2 Å². The van der Waals surface area contributed by atoms with Gasteiger partial charge in [-0.15, -0.1) is 0 Å². The van der Waals surface area contributed by atoms with Crippen LogP contribution in [-0.2, 0) is 29.6 Å². The summed E-state index contributed by atoms with van der Waals surface area (Å²) in [6, 6.07) is 17.1. The van der Waals surface area contributed by atoms with Gasteiger partial charge in [-0.3, -0.25) is 9.59 Å². The van der Waals surface area contributed by atoms with Crippen LogP contribution in [0.2, 0.25) is 0 Å². The van der Waals surface area contributed by atoms with E-state index in [0.29, 0.717) is 28.6 Å². The Balaban J connectivity index is 1.53. The number of nitrogens with two attached hydrogens (primary N) is 1. The van der Waals surface area contributed by atoms with Gasteiger partial charge in [0.15, 0.2) is 5.82 Å². The van der Waals surface area contributed by atoms with Crippen LogP contribution >= 0.6 is 0 Å². The average molecular weight is 589 g/mol. The van der Waals surface area contributed by atoms with Gasteiger partial charge in [-0.2, -0.15) is 0 Å². The van der Waals surface area contributed by atoms with Crippen molar-refractivity contribution in [3.8, 4) is 22.6 Å².